The molecule has 1 amide bonds. The fraction of sp³-hybridized carbons (Fsp3) is 0.0833. The van der Waals surface area contributed by atoms with Crippen LogP contribution in [0.4, 0.5) is 11.4 Å². The van der Waals surface area contributed by atoms with Crippen LogP contribution in [0.1, 0.15) is 15.2 Å². The fourth-order valence-corrected chi connectivity index (χ4v) is 2.99. The second-order valence-corrected chi connectivity index (χ2v) is 5.53. The minimum Gasteiger partial charge on any atom is -0.396 e. The van der Waals surface area contributed by atoms with Crippen LogP contribution >= 0.6 is 27.3 Å². The van der Waals surface area contributed by atoms with Crippen molar-refractivity contribution in [1.29, 1.82) is 0 Å². The Kier molecular flexibility index (Phi) is 3.88. The highest BCUT2D eigenvalue weighted by Crippen LogP contribution is 2.26. The number of benzene rings is 1. The van der Waals surface area contributed by atoms with E-state index in [-0.39, 0.29) is 0 Å². The third kappa shape index (κ3) is 2.65. The number of primary amides is 1. The van der Waals surface area contributed by atoms with Gasteiger partial charge in [0.1, 0.15) is 0 Å². The van der Waals surface area contributed by atoms with Gasteiger partial charge in [-0.25, -0.2) is 0 Å². The molecule has 5 N–H and O–H groups in total. The highest BCUT2D eigenvalue weighted by Gasteiger charge is 2.09. The second kappa shape index (κ2) is 5.41. The van der Waals surface area contributed by atoms with Gasteiger partial charge in [0, 0.05) is 9.35 Å². The maximum absolute atomic E-state index is 11.2. The van der Waals surface area contributed by atoms with Crippen molar-refractivity contribution < 1.29 is 4.79 Å². The van der Waals surface area contributed by atoms with Gasteiger partial charge in [0.05, 0.1) is 23.5 Å². The van der Waals surface area contributed by atoms with Crippen LogP contribution in [0.3, 0.4) is 0 Å². The van der Waals surface area contributed by atoms with E-state index in [9.17, 15) is 4.79 Å². The Morgan fingerprint density at radius 1 is 1.39 bits per heavy atom. The van der Waals surface area contributed by atoms with E-state index < -0.39 is 5.91 Å². The number of amides is 1. The zero-order chi connectivity index (χ0) is 13.1. The number of hydrogen-bond acceptors (Lipinski definition) is 4. The number of carbonyl (C=O) groups is 1. The van der Waals surface area contributed by atoms with Crippen LogP contribution in [0.15, 0.2) is 34.1 Å². The molecule has 0 aliphatic heterocycles. The molecule has 1 aromatic carbocycles. The number of hydrogen-bond donors (Lipinski definition) is 3. The van der Waals surface area contributed by atoms with Gasteiger partial charge in [-0.2, -0.15) is 0 Å². The minimum atomic E-state index is -0.520. The molecule has 0 bridgehead atoms. The number of thiophene rings is 1. The van der Waals surface area contributed by atoms with Crippen LogP contribution in [-0.4, -0.2) is 5.91 Å². The molecule has 6 heteroatoms. The molecular weight excluding hydrogens is 314 g/mol. The number of halogens is 1. The Bertz CT molecular complexity index is 582. The largest absolute Gasteiger partial charge is 0.396 e. The van der Waals surface area contributed by atoms with Crippen LogP contribution in [0, 0.1) is 0 Å². The van der Waals surface area contributed by atoms with Crippen molar-refractivity contribution in [2.24, 2.45) is 5.73 Å². The molecule has 1 aromatic heterocycles. The van der Waals surface area contributed by atoms with Gasteiger partial charge < -0.3 is 16.8 Å². The Morgan fingerprint density at radius 3 is 2.78 bits per heavy atom. The van der Waals surface area contributed by atoms with E-state index in [1.165, 1.54) is 4.88 Å². The maximum atomic E-state index is 11.2. The van der Waals surface area contributed by atoms with Crippen molar-refractivity contribution in [1.82, 2.24) is 0 Å². The second-order valence-electron chi connectivity index (χ2n) is 3.68. The minimum absolute atomic E-state index is 0.338. The number of rotatable bonds is 4. The zero-order valence-corrected chi connectivity index (χ0v) is 11.8. The normalized spacial score (nSPS) is 10.3. The summed E-state index contributed by atoms with van der Waals surface area (Å²) in [5.41, 5.74) is 12.6. The van der Waals surface area contributed by atoms with Crippen LogP contribution in [0.5, 0.6) is 0 Å². The third-order valence-corrected chi connectivity index (χ3v) is 4.43. The predicted octanol–water partition coefficient (Wildman–Crippen LogP) is 2.80. The molecule has 0 aliphatic rings. The van der Waals surface area contributed by atoms with E-state index >= 15 is 0 Å². The Hall–Kier alpha value is -1.53. The van der Waals surface area contributed by atoms with Gasteiger partial charge in [0.25, 0.3) is 5.91 Å². The predicted molar refractivity (Wildman–Crippen MR) is 78.7 cm³/mol. The molecule has 0 spiro atoms. The molecule has 4 nitrogen and oxygen atoms in total. The Balaban J connectivity index is 2.17. The lowest BCUT2D eigenvalue weighted by molar-refractivity contribution is 0.100. The molecule has 18 heavy (non-hydrogen) atoms. The highest BCUT2D eigenvalue weighted by atomic mass is 79.9. The van der Waals surface area contributed by atoms with E-state index in [4.69, 9.17) is 11.5 Å². The molecule has 0 unspecified atom stereocenters. The molecule has 0 aliphatic carbocycles. The lowest BCUT2D eigenvalue weighted by atomic mass is 10.1. The SMILES string of the molecule is NC(=O)c1cccc(NCc2sccc2Br)c1N. The summed E-state index contributed by atoms with van der Waals surface area (Å²) in [7, 11) is 0. The number of nitrogen functional groups attached to an aromatic ring is 1. The molecule has 2 aromatic rings. The summed E-state index contributed by atoms with van der Waals surface area (Å²) < 4.78 is 1.06. The first-order chi connectivity index (χ1) is 8.59. The summed E-state index contributed by atoms with van der Waals surface area (Å²) >= 11 is 5.10. The van der Waals surface area contributed by atoms with Crippen molar-refractivity contribution in [3.8, 4) is 0 Å². The van der Waals surface area contributed by atoms with Gasteiger partial charge in [-0.3, -0.25) is 4.79 Å². The lowest BCUT2D eigenvalue weighted by Gasteiger charge is -2.11. The number of carbonyl (C=O) groups excluding carboxylic acids is 1. The summed E-state index contributed by atoms with van der Waals surface area (Å²) in [6, 6.07) is 7.18. The molecule has 0 fully saturated rings. The first-order valence-corrected chi connectivity index (χ1v) is 6.91. The number of anilines is 2. The van der Waals surface area contributed by atoms with Crippen molar-refractivity contribution in [3.05, 3.63) is 44.6 Å². The van der Waals surface area contributed by atoms with E-state index in [0.717, 1.165) is 4.47 Å². The van der Waals surface area contributed by atoms with Gasteiger partial charge >= 0.3 is 0 Å². The van der Waals surface area contributed by atoms with Crippen molar-refractivity contribution in [2.75, 3.05) is 11.1 Å². The Morgan fingerprint density at radius 2 is 2.17 bits per heavy atom. The fourth-order valence-electron chi connectivity index (χ4n) is 1.56. The van der Waals surface area contributed by atoms with Gasteiger partial charge in [-0.05, 0) is 39.5 Å². The van der Waals surface area contributed by atoms with E-state index in [0.29, 0.717) is 23.5 Å². The van der Waals surface area contributed by atoms with Gasteiger partial charge in [0.2, 0.25) is 0 Å². The van der Waals surface area contributed by atoms with Crippen LogP contribution in [0.2, 0.25) is 0 Å². The molecule has 0 saturated heterocycles. The summed E-state index contributed by atoms with van der Waals surface area (Å²) in [4.78, 5) is 12.3. The average molecular weight is 326 g/mol. The molecule has 1 heterocycles. The van der Waals surface area contributed by atoms with Crippen molar-refractivity contribution in [2.45, 2.75) is 6.54 Å². The van der Waals surface area contributed by atoms with Gasteiger partial charge in [-0.15, -0.1) is 11.3 Å². The van der Waals surface area contributed by atoms with Crippen LogP contribution < -0.4 is 16.8 Å². The lowest BCUT2D eigenvalue weighted by Crippen LogP contribution is -2.14. The summed E-state index contributed by atoms with van der Waals surface area (Å²) in [5.74, 6) is -0.520. The highest BCUT2D eigenvalue weighted by molar-refractivity contribution is 9.10. The van der Waals surface area contributed by atoms with Gasteiger partial charge in [-0.1, -0.05) is 6.07 Å². The number of nitrogens with one attached hydrogen (secondary N) is 1. The smallest absolute Gasteiger partial charge is 0.250 e. The van der Waals surface area contributed by atoms with Gasteiger partial charge in [0.15, 0.2) is 0 Å². The topological polar surface area (TPSA) is 81.1 Å². The standard InChI is InChI=1S/C12H12BrN3OS/c13-8-4-5-18-10(8)6-16-9-3-1-2-7(11(9)14)12(15)17/h1-5,16H,6,14H2,(H2,15,17). The molecule has 0 radical (unpaired) electrons. The summed E-state index contributed by atoms with van der Waals surface area (Å²) in [6.45, 7) is 0.644. The van der Waals surface area contributed by atoms with Crippen LogP contribution in [0.25, 0.3) is 0 Å². The molecule has 0 saturated carbocycles. The first-order valence-electron chi connectivity index (χ1n) is 5.23. The molecule has 0 atom stereocenters. The first kappa shape index (κ1) is 12.9. The van der Waals surface area contributed by atoms with E-state index in [1.54, 1.807) is 23.5 Å². The zero-order valence-electron chi connectivity index (χ0n) is 9.44. The third-order valence-electron chi connectivity index (χ3n) is 2.50. The average Bonchev–Trinajstić information content (AvgIpc) is 2.73. The number of para-hydroxylation sites is 1. The van der Waals surface area contributed by atoms with Crippen molar-refractivity contribution >= 4 is 44.5 Å². The monoisotopic (exact) mass is 325 g/mol. The molecule has 94 valence electrons. The van der Waals surface area contributed by atoms with Crippen LogP contribution in [-0.2, 0) is 6.54 Å². The molecule has 2 rings (SSSR count). The molecular formula is C12H12BrN3OS. The van der Waals surface area contributed by atoms with E-state index in [1.807, 2.05) is 17.5 Å². The summed E-state index contributed by atoms with van der Waals surface area (Å²) in [6.07, 6.45) is 0. The number of nitrogens with two attached hydrogens (primary N) is 2. The van der Waals surface area contributed by atoms with E-state index in [2.05, 4.69) is 21.2 Å². The summed E-state index contributed by atoms with van der Waals surface area (Å²) in [5, 5.41) is 5.20. The maximum Gasteiger partial charge on any atom is 0.250 e. The quantitative estimate of drug-likeness (QED) is 0.756. The Labute approximate surface area is 117 Å². The van der Waals surface area contributed by atoms with Crippen molar-refractivity contribution in [3.63, 3.8) is 0 Å².